The molecule has 0 amide bonds. The van der Waals surface area contributed by atoms with Gasteiger partial charge in [0, 0.05) is 11.9 Å². The quantitative estimate of drug-likeness (QED) is 0.620. The van der Waals surface area contributed by atoms with Crippen LogP contribution in [0.3, 0.4) is 0 Å². The molecule has 1 nitrogen and oxygen atoms in total. The van der Waals surface area contributed by atoms with Crippen molar-refractivity contribution in [3.05, 3.63) is 41.7 Å². The summed E-state index contributed by atoms with van der Waals surface area (Å²) in [5.74, 6) is 0.694. The molecule has 0 aliphatic carbocycles. The van der Waals surface area contributed by atoms with Crippen molar-refractivity contribution in [2.75, 3.05) is 0 Å². The standard InChI is InChI=1S/C16H25N/c1-5-8-11-15-13(4)17-12-16(15)14(9-6-2)10-7-3/h5,8,11-12,14,17H,1,6-7,9-10H2,2-4H3/b11-8-. The second kappa shape index (κ2) is 7.16. The average Bonchev–Trinajstić information content (AvgIpc) is 2.68. The van der Waals surface area contributed by atoms with Crippen molar-refractivity contribution in [3.8, 4) is 0 Å². The predicted molar refractivity (Wildman–Crippen MR) is 77.3 cm³/mol. The summed E-state index contributed by atoms with van der Waals surface area (Å²) >= 11 is 0. The van der Waals surface area contributed by atoms with Crippen LogP contribution in [0.5, 0.6) is 0 Å². The van der Waals surface area contributed by atoms with E-state index in [1.54, 1.807) is 0 Å². The van der Waals surface area contributed by atoms with E-state index in [4.69, 9.17) is 0 Å². The maximum atomic E-state index is 3.74. The topological polar surface area (TPSA) is 15.8 Å². The summed E-state index contributed by atoms with van der Waals surface area (Å²) < 4.78 is 0. The summed E-state index contributed by atoms with van der Waals surface area (Å²) in [5.41, 5.74) is 4.09. The minimum Gasteiger partial charge on any atom is -0.364 e. The van der Waals surface area contributed by atoms with Gasteiger partial charge < -0.3 is 4.98 Å². The fourth-order valence-electron chi connectivity index (χ4n) is 2.43. The highest BCUT2D eigenvalue weighted by molar-refractivity contribution is 5.58. The number of nitrogens with one attached hydrogen (secondary N) is 1. The first-order valence-corrected chi connectivity index (χ1v) is 6.71. The summed E-state index contributed by atoms with van der Waals surface area (Å²) in [5, 5.41) is 0. The number of hydrogen-bond acceptors (Lipinski definition) is 0. The number of H-pyrrole nitrogens is 1. The molecule has 0 atom stereocenters. The molecule has 0 fully saturated rings. The zero-order valence-corrected chi connectivity index (χ0v) is 11.4. The van der Waals surface area contributed by atoms with Crippen LogP contribution >= 0.6 is 0 Å². The highest BCUT2D eigenvalue weighted by Gasteiger charge is 2.15. The van der Waals surface area contributed by atoms with E-state index in [-0.39, 0.29) is 0 Å². The molecule has 94 valence electrons. The zero-order chi connectivity index (χ0) is 12.7. The van der Waals surface area contributed by atoms with Crippen molar-refractivity contribution in [1.29, 1.82) is 0 Å². The second-order valence-corrected chi connectivity index (χ2v) is 4.65. The molecule has 0 bridgehead atoms. The van der Waals surface area contributed by atoms with E-state index in [0.29, 0.717) is 5.92 Å². The summed E-state index contributed by atoms with van der Waals surface area (Å²) in [6.07, 6.45) is 13.3. The molecule has 0 saturated carbocycles. The van der Waals surface area contributed by atoms with Gasteiger partial charge in [-0.2, -0.15) is 0 Å². The smallest absolute Gasteiger partial charge is 0.0192 e. The first kappa shape index (κ1) is 13.8. The lowest BCUT2D eigenvalue weighted by Gasteiger charge is -2.15. The summed E-state index contributed by atoms with van der Waals surface area (Å²) in [4.78, 5) is 3.36. The minimum absolute atomic E-state index is 0.694. The van der Waals surface area contributed by atoms with Crippen molar-refractivity contribution >= 4 is 6.08 Å². The van der Waals surface area contributed by atoms with E-state index in [2.05, 4.69) is 44.6 Å². The molecule has 1 heterocycles. The van der Waals surface area contributed by atoms with Crippen molar-refractivity contribution in [1.82, 2.24) is 4.98 Å². The maximum Gasteiger partial charge on any atom is 0.0192 e. The highest BCUT2D eigenvalue weighted by Crippen LogP contribution is 2.31. The monoisotopic (exact) mass is 231 g/mol. The van der Waals surface area contributed by atoms with Gasteiger partial charge >= 0.3 is 0 Å². The molecule has 0 saturated heterocycles. The van der Waals surface area contributed by atoms with Crippen LogP contribution in [0, 0.1) is 6.92 Å². The van der Waals surface area contributed by atoms with Crippen molar-refractivity contribution < 1.29 is 0 Å². The first-order valence-electron chi connectivity index (χ1n) is 6.71. The Hall–Kier alpha value is -1.24. The predicted octanol–water partition coefficient (Wildman–Crippen LogP) is 5.21. The molecule has 0 aromatic carbocycles. The van der Waals surface area contributed by atoms with Gasteiger partial charge in [-0.15, -0.1) is 0 Å². The number of rotatable bonds is 7. The van der Waals surface area contributed by atoms with Gasteiger partial charge in [0.1, 0.15) is 0 Å². The van der Waals surface area contributed by atoms with E-state index >= 15 is 0 Å². The third kappa shape index (κ3) is 3.62. The van der Waals surface area contributed by atoms with Crippen molar-refractivity contribution in [2.24, 2.45) is 0 Å². The zero-order valence-electron chi connectivity index (χ0n) is 11.4. The van der Waals surface area contributed by atoms with Crippen LogP contribution in [0.15, 0.2) is 24.9 Å². The molecule has 1 aromatic heterocycles. The molecule has 0 aliphatic heterocycles. The van der Waals surface area contributed by atoms with Gasteiger partial charge in [0.25, 0.3) is 0 Å². The van der Waals surface area contributed by atoms with E-state index in [9.17, 15) is 0 Å². The Kier molecular flexibility index (Phi) is 5.82. The number of aromatic amines is 1. The van der Waals surface area contributed by atoms with Crippen LogP contribution in [0.25, 0.3) is 6.08 Å². The Morgan fingerprint density at radius 3 is 2.47 bits per heavy atom. The van der Waals surface area contributed by atoms with Gasteiger partial charge in [-0.05, 0) is 36.8 Å². The molecule has 0 unspecified atom stereocenters. The lowest BCUT2D eigenvalue weighted by molar-refractivity contribution is 0.561. The van der Waals surface area contributed by atoms with Crippen LogP contribution in [0.2, 0.25) is 0 Å². The van der Waals surface area contributed by atoms with Crippen molar-refractivity contribution in [2.45, 2.75) is 52.4 Å². The van der Waals surface area contributed by atoms with Gasteiger partial charge in [-0.3, -0.25) is 0 Å². The fraction of sp³-hybridized carbons (Fsp3) is 0.500. The number of hydrogen-bond donors (Lipinski definition) is 1. The Bertz CT molecular complexity index is 365. The molecule has 0 spiro atoms. The average molecular weight is 231 g/mol. The van der Waals surface area contributed by atoms with E-state index in [1.807, 2.05) is 12.2 Å². The maximum absolute atomic E-state index is 3.74. The molecule has 0 aliphatic rings. The summed E-state index contributed by atoms with van der Waals surface area (Å²) in [7, 11) is 0. The molecule has 0 radical (unpaired) electrons. The van der Waals surface area contributed by atoms with Crippen LogP contribution in [0.4, 0.5) is 0 Å². The third-order valence-electron chi connectivity index (χ3n) is 3.27. The molecular weight excluding hydrogens is 206 g/mol. The van der Waals surface area contributed by atoms with Gasteiger partial charge in [-0.25, -0.2) is 0 Å². The normalized spacial score (nSPS) is 11.5. The van der Waals surface area contributed by atoms with Crippen LogP contribution in [0.1, 0.15) is 62.3 Å². The Morgan fingerprint density at radius 2 is 1.94 bits per heavy atom. The molecular formula is C16H25N. The van der Waals surface area contributed by atoms with E-state index in [0.717, 1.165) is 0 Å². The van der Waals surface area contributed by atoms with Gasteiger partial charge in [0.05, 0.1) is 0 Å². The third-order valence-corrected chi connectivity index (χ3v) is 3.27. The Morgan fingerprint density at radius 1 is 1.29 bits per heavy atom. The van der Waals surface area contributed by atoms with Crippen LogP contribution in [-0.4, -0.2) is 4.98 Å². The second-order valence-electron chi connectivity index (χ2n) is 4.65. The Balaban J connectivity index is 3.00. The largest absolute Gasteiger partial charge is 0.364 e. The lowest BCUT2D eigenvalue weighted by atomic mass is 9.89. The Labute approximate surface area is 106 Å². The van der Waals surface area contributed by atoms with E-state index in [1.165, 1.54) is 42.5 Å². The first-order chi connectivity index (χ1) is 8.24. The fourth-order valence-corrected chi connectivity index (χ4v) is 2.43. The molecule has 1 N–H and O–H groups in total. The number of aromatic nitrogens is 1. The molecule has 1 rings (SSSR count). The minimum atomic E-state index is 0.694. The number of aryl methyl sites for hydroxylation is 1. The van der Waals surface area contributed by atoms with E-state index < -0.39 is 0 Å². The summed E-state index contributed by atoms with van der Waals surface area (Å²) in [6, 6.07) is 0. The number of allylic oxidation sites excluding steroid dienone is 2. The van der Waals surface area contributed by atoms with Gasteiger partial charge in [0.15, 0.2) is 0 Å². The van der Waals surface area contributed by atoms with Crippen LogP contribution < -0.4 is 0 Å². The molecule has 1 heteroatoms. The lowest BCUT2D eigenvalue weighted by Crippen LogP contribution is -1.99. The van der Waals surface area contributed by atoms with Gasteiger partial charge in [-0.1, -0.05) is 51.5 Å². The molecule has 17 heavy (non-hydrogen) atoms. The van der Waals surface area contributed by atoms with Gasteiger partial charge in [0.2, 0.25) is 0 Å². The molecule has 1 aromatic rings. The highest BCUT2D eigenvalue weighted by atomic mass is 14.7. The van der Waals surface area contributed by atoms with Crippen molar-refractivity contribution in [3.63, 3.8) is 0 Å². The van der Waals surface area contributed by atoms with Crippen LogP contribution in [-0.2, 0) is 0 Å². The SMILES string of the molecule is C=C/C=C\c1c(C(CCC)CCC)c[nH]c1C. The summed E-state index contributed by atoms with van der Waals surface area (Å²) in [6.45, 7) is 10.4.